The van der Waals surface area contributed by atoms with Gasteiger partial charge in [-0.25, -0.2) is 9.97 Å². The number of likely N-dealkylation sites (N-methyl/N-ethyl adjacent to an activating group) is 1. The number of aryl methyl sites for hydroxylation is 2. The Hall–Kier alpha value is -10.3. The number of nitrogens with one attached hydrogen (secondary N) is 2. The molecule has 0 aliphatic heterocycles. The number of pyridine rings is 6. The fourth-order valence-corrected chi connectivity index (χ4v) is 10.5. The molecule has 12 rings (SSSR count). The van der Waals surface area contributed by atoms with Crippen LogP contribution in [-0.4, -0.2) is 176 Å². The average molecular weight is 1490 g/mol. The Labute approximate surface area is 573 Å². The molecule has 0 saturated heterocycles. The summed E-state index contributed by atoms with van der Waals surface area (Å²) in [6.45, 7) is 3.59. The zero-order valence-corrected chi connectivity index (χ0v) is 57.0. The number of fused-ring (bicyclic) bond motifs is 5. The highest BCUT2D eigenvalue weighted by Crippen LogP contribution is 2.22. The minimum absolute atomic E-state index is 0.00343. The number of H-pyrrole nitrogens is 2. The molecule has 0 aromatic carbocycles. The number of halogens is 3. The van der Waals surface area contributed by atoms with Crippen LogP contribution in [-0.2, 0) is 85.0 Å². The quantitative estimate of drug-likeness (QED) is 0.0311. The Morgan fingerprint density at radius 1 is 0.608 bits per heavy atom. The van der Waals surface area contributed by atoms with E-state index in [4.69, 9.17) is 43.9 Å². The van der Waals surface area contributed by atoms with E-state index in [-0.39, 0.29) is 66.1 Å². The second-order valence-electron chi connectivity index (χ2n) is 20.7. The van der Waals surface area contributed by atoms with Gasteiger partial charge in [-0.15, -0.1) is 0 Å². The molecule has 1 fully saturated rings. The van der Waals surface area contributed by atoms with Crippen LogP contribution in [0.25, 0.3) is 54.5 Å². The van der Waals surface area contributed by atoms with Gasteiger partial charge in [0.25, 0.3) is 22.2 Å². The normalized spacial score (nSPS) is 11.7. The number of aldehydes is 1. The summed E-state index contributed by atoms with van der Waals surface area (Å²) in [6.07, 6.45) is 24.3. The maximum atomic E-state index is 11.7. The lowest BCUT2D eigenvalue weighted by Crippen LogP contribution is -2.36. The van der Waals surface area contributed by atoms with Crippen molar-refractivity contribution < 1.29 is 53.2 Å². The maximum absolute atomic E-state index is 11.7. The van der Waals surface area contributed by atoms with E-state index in [9.17, 15) is 47.9 Å². The predicted octanol–water partition coefficient (Wildman–Crippen LogP) is 4.44. The van der Waals surface area contributed by atoms with Crippen molar-refractivity contribution in [2.75, 3.05) is 41.0 Å². The number of aromatic nitrogens is 16. The number of nitrogens with two attached hydrogens (primary N) is 1. The van der Waals surface area contributed by atoms with E-state index in [0.717, 1.165) is 33.6 Å². The Kier molecular flexibility index (Phi) is 29.0. The summed E-state index contributed by atoms with van der Waals surface area (Å²) in [5.74, 6) is -3.10. The van der Waals surface area contributed by atoms with Gasteiger partial charge in [0.1, 0.15) is 43.0 Å². The molecule has 11 heterocycles. The zero-order chi connectivity index (χ0) is 70.9. The number of carboxylic acids is 2. The number of ether oxygens (including phenoxy) is 3. The van der Waals surface area contributed by atoms with Crippen LogP contribution < -0.4 is 28.0 Å². The fourth-order valence-electron chi connectivity index (χ4n) is 9.39. The fraction of sp³-hybridized carbons (Fsp3) is 0.328. The van der Waals surface area contributed by atoms with Gasteiger partial charge in [0.15, 0.2) is 6.29 Å². The lowest BCUT2D eigenvalue weighted by molar-refractivity contribution is -0.144. The number of esters is 3. The van der Waals surface area contributed by atoms with Crippen molar-refractivity contribution in [1.82, 2.24) is 82.9 Å². The van der Waals surface area contributed by atoms with Crippen LogP contribution in [0.3, 0.4) is 0 Å². The molecule has 1 aliphatic rings. The molecule has 1 aliphatic carbocycles. The van der Waals surface area contributed by atoms with Crippen molar-refractivity contribution in [3.05, 3.63) is 165 Å². The van der Waals surface area contributed by atoms with E-state index in [1.54, 1.807) is 93.1 Å². The van der Waals surface area contributed by atoms with Gasteiger partial charge in [0.2, 0.25) is 0 Å². The molecular formula is C61H69Cl2IN18O15. The lowest BCUT2D eigenvalue weighted by Gasteiger charge is -2.30. The number of aliphatic carboxylic acids is 2. The Balaban J connectivity index is 0.000000180. The Morgan fingerprint density at radius 2 is 1.01 bits per heavy atom. The number of hydrogen-bond donors (Lipinski definition) is 5. The number of carbonyl (C=O) groups is 6. The van der Waals surface area contributed by atoms with Crippen LogP contribution in [0, 0.1) is 3.57 Å². The third-order valence-corrected chi connectivity index (χ3v) is 15.9. The number of carboxylic acid groups (broad SMARTS) is 2. The summed E-state index contributed by atoms with van der Waals surface area (Å²) in [5, 5.41) is 40.0. The van der Waals surface area contributed by atoms with Gasteiger partial charge in [-0.2, -0.15) is 25.5 Å². The number of nitrogens with zero attached hydrogens (tertiary/aromatic N) is 15. The van der Waals surface area contributed by atoms with Crippen molar-refractivity contribution in [1.29, 1.82) is 0 Å². The maximum Gasteiger partial charge on any atom is 0.327 e. The molecule has 514 valence electrons. The van der Waals surface area contributed by atoms with Crippen LogP contribution >= 0.6 is 45.8 Å². The number of methoxy groups -OCH3 is 2. The highest BCUT2D eigenvalue weighted by molar-refractivity contribution is 14.1. The summed E-state index contributed by atoms with van der Waals surface area (Å²) in [6, 6.07) is 11.0. The molecule has 97 heavy (non-hydrogen) atoms. The molecular weight excluding hydrogens is 1420 g/mol. The topological polar surface area (TPSA) is 424 Å². The van der Waals surface area contributed by atoms with Crippen LogP contribution in [0.5, 0.6) is 0 Å². The summed E-state index contributed by atoms with van der Waals surface area (Å²) in [7, 11) is 8.12. The van der Waals surface area contributed by atoms with E-state index >= 15 is 0 Å². The first-order chi connectivity index (χ1) is 46.4. The lowest BCUT2D eigenvalue weighted by atomic mass is 9.94. The van der Waals surface area contributed by atoms with Gasteiger partial charge in [-0.3, -0.25) is 71.4 Å². The molecule has 0 unspecified atom stereocenters. The van der Waals surface area contributed by atoms with Crippen molar-refractivity contribution in [3.8, 4) is 0 Å². The number of rotatable bonds is 15. The smallest absolute Gasteiger partial charge is 0.327 e. The second kappa shape index (κ2) is 37.1. The number of aromatic amines is 2. The molecule has 11 aromatic heterocycles. The largest absolute Gasteiger partial charge is 0.480 e. The molecule has 6 N–H and O–H groups in total. The number of hydrogen-bond acceptors (Lipinski definition) is 22. The first-order valence-corrected chi connectivity index (χ1v) is 31.2. The van der Waals surface area contributed by atoms with Crippen molar-refractivity contribution >= 4 is 136 Å². The first kappa shape index (κ1) is 75.7. The summed E-state index contributed by atoms with van der Waals surface area (Å²) in [4.78, 5) is 126. The highest BCUT2D eigenvalue weighted by atomic mass is 127. The van der Waals surface area contributed by atoms with Gasteiger partial charge >= 0.3 is 29.8 Å². The van der Waals surface area contributed by atoms with Gasteiger partial charge < -0.3 is 54.2 Å². The Bertz CT molecular complexity index is 4750. The summed E-state index contributed by atoms with van der Waals surface area (Å²) in [5.41, 5.74) is 8.25. The van der Waals surface area contributed by atoms with Crippen molar-refractivity contribution in [3.63, 3.8) is 0 Å². The molecule has 0 amide bonds. The van der Waals surface area contributed by atoms with E-state index in [1.807, 2.05) is 22.6 Å². The van der Waals surface area contributed by atoms with Gasteiger partial charge in [-0.05, 0) is 85.8 Å². The third-order valence-electron chi connectivity index (χ3n) is 14.3. The van der Waals surface area contributed by atoms with Gasteiger partial charge in [0, 0.05) is 74.0 Å². The van der Waals surface area contributed by atoms with E-state index < -0.39 is 23.9 Å². The zero-order valence-electron chi connectivity index (χ0n) is 53.3. The molecule has 0 bridgehead atoms. The molecule has 0 radical (unpaired) electrons. The van der Waals surface area contributed by atoms with E-state index in [1.165, 1.54) is 111 Å². The van der Waals surface area contributed by atoms with Crippen LogP contribution in [0.4, 0.5) is 0 Å². The molecule has 1 saturated carbocycles. The standard InChI is InChI=1S/C10H10ClN3O2.C10H11N3O3.2C9H9N3O3.C9H20N2.C8H7N3O3.C6H3ClINO/c1-2-16-9(15)6-14-8-3-4-12-10(11)7(8)5-13-14;1-12-4-3-8-7(10(12)15)5-11-13(8)6-9(14)16-2;1-11-3-2-7-6(9(11)15)4-10-12(7)5-8(13)14;1-15-8(13)5-12-7-2-3-10-9(14)6(7)4-11-12;1-11(8-7-10)9-5-3-2-4-6-9;12-7(13)4-11-6-1-2-9-8(14)5(6)3-10-11;7-6-4(3-10)5(8)1-2-9-6/h3-5H,2,6H2,1H3;3-5H,6H2,1-2H3;2-4H,5H2,1H3,(H,13,14);2-4H,5H2,1H3,(H,10,14);9H,2-8,10H2,1H3;1-3H,4H2,(H,9,14)(H,12,13);1-3H. The monoisotopic (exact) mass is 1490 g/mol. The SMILES string of the molecule is CCOC(=O)Cn1ncc2c(Cl)nccc21.CN(CCN)C1CCCCC1.COC(=O)Cn1ncc2c(=O)[nH]ccc21.COC(=O)Cn1ncc2c(=O)n(C)ccc21.Cn1ccc2c(cnn2CC(=O)O)c1=O.O=C(O)Cn1ncc2c(=O)[nH]ccc21.O=Cc1c(I)ccnc1Cl. The third kappa shape index (κ3) is 21.1. The van der Waals surface area contributed by atoms with Crippen molar-refractivity contribution in [2.24, 2.45) is 19.8 Å². The van der Waals surface area contributed by atoms with Crippen LogP contribution in [0.1, 0.15) is 49.4 Å². The number of carbonyl (C=O) groups excluding carboxylic acids is 4. The molecule has 33 nitrogen and oxygen atoms in total. The summed E-state index contributed by atoms with van der Waals surface area (Å²) < 4.78 is 24.6. The molecule has 0 spiro atoms. The predicted molar refractivity (Wildman–Crippen MR) is 365 cm³/mol. The minimum Gasteiger partial charge on any atom is -0.480 e. The molecule has 11 aromatic rings. The van der Waals surface area contributed by atoms with E-state index in [0.29, 0.717) is 67.2 Å². The minimum atomic E-state index is -0.990. The van der Waals surface area contributed by atoms with Gasteiger partial charge in [-0.1, -0.05) is 42.5 Å². The highest BCUT2D eigenvalue weighted by Gasteiger charge is 2.18. The van der Waals surface area contributed by atoms with Crippen LogP contribution in [0.15, 0.2) is 124 Å². The molecule has 36 heteroatoms. The molecule has 0 atom stereocenters. The average Bonchev–Trinajstić information content (AvgIpc) is 1.69. The van der Waals surface area contributed by atoms with Crippen LogP contribution in [0.2, 0.25) is 10.3 Å². The second-order valence-corrected chi connectivity index (χ2v) is 22.6. The first-order valence-electron chi connectivity index (χ1n) is 29.4. The summed E-state index contributed by atoms with van der Waals surface area (Å²) >= 11 is 13.5. The van der Waals surface area contributed by atoms with Crippen molar-refractivity contribution in [2.45, 2.75) is 77.8 Å². The van der Waals surface area contributed by atoms with Gasteiger partial charge in [0.05, 0.1) is 112 Å². The Morgan fingerprint density at radius 3 is 1.42 bits per heavy atom. The van der Waals surface area contributed by atoms with E-state index in [2.05, 4.69) is 66.9 Å².